The average molecular weight is 433 g/mol. The number of nitro benzene ring substituents is 1. The van der Waals surface area contributed by atoms with E-state index in [1.54, 1.807) is 42.5 Å². The van der Waals surface area contributed by atoms with Gasteiger partial charge in [0.2, 0.25) is 0 Å². The number of hydrazone groups is 1. The van der Waals surface area contributed by atoms with Crippen LogP contribution in [0.5, 0.6) is 5.75 Å². The standard InChI is InChI=1S/C21H15F4N3O3/c22-17-7-3-1-6-15(17)13-31-20-8-4-2-5-14(20)12-26-27-18-10-9-16(21(23,24)25)11-19(18)28(29)30/h1-12,27H,13H2/b26-12-. The zero-order valence-corrected chi connectivity index (χ0v) is 15.8. The molecule has 3 rings (SSSR count). The molecule has 3 aromatic rings. The lowest BCUT2D eigenvalue weighted by atomic mass is 10.1. The van der Waals surface area contributed by atoms with E-state index in [0.717, 1.165) is 12.1 Å². The topological polar surface area (TPSA) is 76.8 Å². The van der Waals surface area contributed by atoms with Gasteiger partial charge in [0.15, 0.2) is 0 Å². The second-order valence-electron chi connectivity index (χ2n) is 6.27. The Labute approximate surface area is 173 Å². The monoisotopic (exact) mass is 433 g/mol. The Morgan fingerprint density at radius 2 is 1.77 bits per heavy atom. The molecule has 160 valence electrons. The van der Waals surface area contributed by atoms with Crippen LogP contribution in [0.1, 0.15) is 16.7 Å². The highest BCUT2D eigenvalue weighted by atomic mass is 19.4. The Morgan fingerprint density at radius 3 is 2.48 bits per heavy atom. The summed E-state index contributed by atoms with van der Waals surface area (Å²) in [6.07, 6.45) is -3.42. The Balaban J connectivity index is 1.76. The Kier molecular flexibility index (Phi) is 6.49. The third kappa shape index (κ3) is 5.56. The van der Waals surface area contributed by atoms with Gasteiger partial charge in [-0.15, -0.1) is 0 Å². The Hall–Kier alpha value is -3.95. The van der Waals surface area contributed by atoms with Crippen LogP contribution in [0.3, 0.4) is 0 Å². The molecule has 0 amide bonds. The SMILES string of the molecule is O=[N+]([O-])c1cc(C(F)(F)F)ccc1N/N=C\c1ccccc1OCc1ccccc1F. The first kappa shape index (κ1) is 21.8. The summed E-state index contributed by atoms with van der Waals surface area (Å²) in [6.45, 7) is -0.0324. The summed E-state index contributed by atoms with van der Waals surface area (Å²) in [5.74, 6) is -0.0387. The minimum absolute atomic E-state index is 0.0324. The van der Waals surface area contributed by atoms with Gasteiger partial charge in [-0.25, -0.2) is 4.39 Å². The smallest absolute Gasteiger partial charge is 0.416 e. The summed E-state index contributed by atoms with van der Waals surface area (Å²) >= 11 is 0. The van der Waals surface area contributed by atoms with Crippen LogP contribution in [-0.2, 0) is 12.8 Å². The molecule has 0 atom stereocenters. The van der Waals surface area contributed by atoms with Crippen molar-refractivity contribution in [1.29, 1.82) is 0 Å². The fourth-order valence-electron chi connectivity index (χ4n) is 2.61. The van der Waals surface area contributed by atoms with E-state index in [4.69, 9.17) is 4.74 Å². The van der Waals surface area contributed by atoms with Crippen molar-refractivity contribution < 1.29 is 27.2 Å². The molecule has 31 heavy (non-hydrogen) atoms. The van der Waals surface area contributed by atoms with E-state index >= 15 is 0 Å². The molecule has 0 spiro atoms. The van der Waals surface area contributed by atoms with E-state index in [-0.39, 0.29) is 12.3 Å². The highest BCUT2D eigenvalue weighted by Gasteiger charge is 2.33. The van der Waals surface area contributed by atoms with Crippen LogP contribution in [0.2, 0.25) is 0 Å². The summed E-state index contributed by atoms with van der Waals surface area (Å²) in [5, 5.41) is 15.0. The number of hydrogen-bond acceptors (Lipinski definition) is 5. The van der Waals surface area contributed by atoms with Crippen LogP contribution in [0.15, 0.2) is 71.8 Å². The lowest BCUT2D eigenvalue weighted by molar-refractivity contribution is -0.384. The van der Waals surface area contributed by atoms with Crippen LogP contribution in [-0.4, -0.2) is 11.1 Å². The van der Waals surface area contributed by atoms with E-state index in [1.165, 1.54) is 12.3 Å². The third-order valence-corrected chi connectivity index (χ3v) is 4.17. The van der Waals surface area contributed by atoms with Crippen molar-refractivity contribution in [1.82, 2.24) is 0 Å². The van der Waals surface area contributed by atoms with Gasteiger partial charge >= 0.3 is 6.18 Å². The maximum atomic E-state index is 13.7. The first-order valence-electron chi connectivity index (χ1n) is 8.85. The first-order valence-corrected chi connectivity index (χ1v) is 8.85. The van der Waals surface area contributed by atoms with Crippen LogP contribution in [0, 0.1) is 15.9 Å². The second kappa shape index (κ2) is 9.24. The number of nitro groups is 1. The molecule has 3 aromatic carbocycles. The van der Waals surface area contributed by atoms with Crippen molar-refractivity contribution in [2.75, 3.05) is 5.43 Å². The number of para-hydroxylation sites is 1. The molecule has 10 heteroatoms. The number of nitrogens with zero attached hydrogens (tertiary/aromatic N) is 2. The van der Waals surface area contributed by atoms with Gasteiger partial charge in [-0.3, -0.25) is 15.5 Å². The van der Waals surface area contributed by atoms with Crippen molar-refractivity contribution in [2.45, 2.75) is 12.8 Å². The van der Waals surface area contributed by atoms with Gasteiger partial charge in [0, 0.05) is 17.2 Å². The molecule has 0 radical (unpaired) electrons. The minimum Gasteiger partial charge on any atom is -0.488 e. The van der Waals surface area contributed by atoms with Crippen LogP contribution < -0.4 is 10.2 Å². The number of halogens is 4. The predicted molar refractivity (Wildman–Crippen MR) is 106 cm³/mol. The van der Waals surface area contributed by atoms with Crippen molar-refractivity contribution in [3.8, 4) is 5.75 Å². The minimum atomic E-state index is -4.71. The fourth-order valence-corrected chi connectivity index (χ4v) is 2.61. The molecule has 0 aliphatic rings. The largest absolute Gasteiger partial charge is 0.488 e. The van der Waals surface area contributed by atoms with Crippen LogP contribution in [0.25, 0.3) is 0 Å². The summed E-state index contributed by atoms with van der Waals surface area (Å²) < 4.78 is 57.7. The summed E-state index contributed by atoms with van der Waals surface area (Å²) in [6, 6.07) is 14.9. The number of benzene rings is 3. The molecule has 0 bridgehead atoms. The van der Waals surface area contributed by atoms with E-state index in [2.05, 4.69) is 10.5 Å². The highest BCUT2D eigenvalue weighted by molar-refractivity contribution is 5.84. The van der Waals surface area contributed by atoms with Crippen molar-refractivity contribution >= 4 is 17.6 Å². The molecule has 0 saturated heterocycles. The number of anilines is 1. The molecule has 0 unspecified atom stereocenters. The maximum Gasteiger partial charge on any atom is 0.416 e. The quantitative estimate of drug-likeness (QED) is 0.222. The number of nitrogens with one attached hydrogen (secondary N) is 1. The molecule has 0 aliphatic carbocycles. The zero-order valence-electron chi connectivity index (χ0n) is 15.8. The fraction of sp³-hybridized carbons (Fsp3) is 0.0952. The maximum absolute atomic E-state index is 13.7. The normalized spacial score (nSPS) is 11.5. The molecule has 0 saturated carbocycles. The molecule has 6 nitrogen and oxygen atoms in total. The van der Waals surface area contributed by atoms with Gasteiger partial charge in [-0.2, -0.15) is 18.3 Å². The van der Waals surface area contributed by atoms with Crippen LogP contribution >= 0.6 is 0 Å². The van der Waals surface area contributed by atoms with Gasteiger partial charge in [0.25, 0.3) is 5.69 Å². The summed E-state index contributed by atoms with van der Waals surface area (Å²) in [7, 11) is 0. The molecule has 0 aromatic heterocycles. The number of ether oxygens (including phenoxy) is 1. The number of alkyl halides is 3. The third-order valence-electron chi connectivity index (χ3n) is 4.17. The number of rotatable bonds is 7. The van der Waals surface area contributed by atoms with Crippen LogP contribution in [0.4, 0.5) is 28.9 Å². The second-order valence-corrected chi connectivity index (χ2v) is 6.27. The summed E-state index contributed by atoms with van der Waals surface area (Å²) in [4.78, 5) is 10.2. The predicted octanol–water partition coefficient (Wildman–Crippen LogP) is 5.78. The van der Waals surface area contributed by atoms with E-state index < -0.39 is 28.2 Å². The highest BCUT2D eigenvalue weighted by Crippen LogP contribution is 2.35. The van der Waals surface area contributed by atoms with Gasteiger partial charge in [-0.1, -0.05) is 30.3 Å². The Bertz CT molecular complexity index is 1120. The van der Waals surface area contributed by atoms with E-state index in [1.807, 2.05) is 0 Å². The lowest BCUT2D eigenvalue weighted by Gasteiger charge is -2.10. The van der Waals surface area contributed by atoms with Gasteiger partial charge in [0.1, 0.15) is 23.9 Å². The molecule has 0 heterocycles. The van der Waals surface area contributed by atoms with Gasteiger partial charge in [0.05, 0.1) is 16.7 Å². The number of hydrogen-bond donors (Lipinski definition) is 1. The first-order chi connectivity index (χ1) is 14.8. The molecule has 1 N–H and O–H groups in total. The van der Waals surface area contributed by atoms with Crippen molar-refractivity contribution in [3.63, 3.8) is 0 Å². The zero-order chi connectivity index (χ0) is 22.4. The van der Waals surface area contributed by atoms with Gasteiger partial charge < -0.3 is 4.74 Å². The van der Waals surface area contributed by atoms with Gasteiger partial charge in [-0.05, 0) is 30.3 Å². The molecular weight excluding hydrogens is 418 g/mol. The molecule has 0 aliphatic heterocycles. The van der Waals surface area contributed by atoms with Crippen molar-refractivity contribution in [3.05, 3.63) is 99.4 Å². The van der Waals surface area contributed by atoms with E-state index in [0.29, 0.717) is 22.9 Å². The lowest BCUT2D eigenvalue weighted by Crippen LogP contribution is -2.06. The summed E-state index contributed by atoms with van der Waals surface area (Å²) in [5.41, 5.74) is 1.09. The van der Waals surface area contributed by atoms with Crippen molar-refractivity contribution in [2.24, 2.45) is 5.10 Å². The van der Waals surface area contributed by atoms with E-state index in [9.17, 15) is 27.7 Å². The molecule has 0 fully saturated rings. The molecular formula is C21H15F4N3O3. The Morgan fingerprint density at radius 1 is 1.06 bits per heavy atom. The average Bonchev–Trinajstić information content (AvgIpc) is 2.73.